The third-order valence-electron chi connectivity index (χ3n) is 3.96. The van der Waals surface area contributed by atoms with Gasteiger partial charge in [0.05, 0.1) is 0 Å². The molecule has 1 aromatic rings. The van der Waals surface area contributed by atoms with E-state index < -0.39 is 0 Å². The van der Waals surface area contributed by atoms with E-state index in [1.165, 1.54) is 5.56 Å². The summed E-state index contributed by atoms with van der Waals surface area (Å²) in [4.78, 5) is 0. The number of phenolic OH excluding ortho intramolecular Hbond substituents is 1. The Morgan fingerprint density at radius 3 is 1.55 bits per heavy atom. The molecule has 0 fully saturated rings. The number of rotatable bonds is 10. The van der Waals surface area contributed by atoms with Crippen molar-refractivity contribution in [2.24, 2.45) is 0 Å². The Morgan fingerprint density at radius 1 is 0.800 bits per heavy atom. The highest BCUT2D eigenvalue weighted by Gasteiger charge is 2.29. The van der Waals surface area contributed by atoms with Crippen molar-refractivity contribution in [3.8, 4) is 5.75 Å². The zero-order valence-corrected chi connectivity index (χ0v) is 12.4. The fourth-order valence-corrected chi connectivity index (χ4v) is 2.76. The first-order valence-electron chi connectivity index (χ1n) is 7.31. The minimum Gasteiger partial charge on any atom is -0.508 e. The van der Waals surface area contributed by atoms with E-state index in [0.29, 0.717) is 5.75 Å². The number of phenols is 1. The maximum absolute atomic E-state index is 9.50. The monoisotopic (exact) mass is 270 g/mol. The fraction of sp³-hybridized carbons (Fsp3) is 0.368. The second kappa shape index (κ2) is 8.42. The van der Waals surface area contributed by atoms with Gasteiger partial charge in [0.2, 0.25) is 0 Å². The molecule has 0 unspecified atom stereocenters. The van der Waals surface area contributed by atoms with Gasteiger partial charge in [-0.25, -0.2) is 0 Å². The maximum Gasteiger partial charge on any atom is 0.115 e. The van der Waals surface area contributed by atoms with Gasteiger partial charge < -0.3 is 5.11 Å². The van der Waals surface area contributed by atoms with Crippen molar-refractivity contribution >= 4 is 0 Å². The highest BCUT2D eigenvalue weighted by atomic mass is 16.3. The predicted molar refractivity (Wildman–Crippen MR) is 88.1 cm³/mol. The Balaban J connectivity index is 3.09. The maximum atomic E-state index is 9.50. The van der Waals surface area contributed by atoms with E-state index in [0.717, 1.165) is 38.5 Å². The van der Waals surface area contributed by atoms with Crippen LogP contribution in [0.2, 0.25) is 0 Å². The van der Waals surface area contributed by atoms with Crippen LogP contribution in [-0.2, 0) is 5.41 Å². The van der Waals surface area contributed by atoms with Crippen LogP contribution in [0.15, 0.2) is 62.2 Å². The Hall–Kier alpha value is -1.76. The summed E-state index contributed by atoms with van der Waals surface area (Å²) in [5.74, 6) is 0.318. The van der Waals surface area contributed by atoms with Crippen LogP contribution in [0.5, 0.6) is 5.75 Å². The van der Waals surface area contributed by atoms with Crippen molar-refractivity contribution < 1.29 is 5.11 Å². The predicted octanol–water partition coefficient (Wildman–Crippen LogP) is 5.53. The van der Waals surface area contributed by atoms with E-state index in [-0.39, 0.29) is 5.41 Å². The van der Waals surface area contributed by atoms with Gasteiger partial charge in [0.1, 0.15) is 5.75 Å². The molecule has 1 heteroatoms. The summed E-state index contributed by atoms with van der Waals surface area (Å²) in [6, 6.07) is 7.65. The highest BCUT2D eigenvalue weighted by Crippen LogP contribution is 2.39. The molecule has 0 saturated carbocycles. The molecular formula is C19H26O. The smallest absolute Gasteiger partial charge is 0.115 e. The minimum atomic E-state index is 0.115. The molecule has 0 bridgehead atoms. The molecule has 1 rings (SSSR count). The molecule has 0 aliphatic carbocycles. The van der Waals surface area contributed by atoms with Gasteiger partial charge >= 0.3 is 0 Å². The normalized spacial score (nSPS) is 11.0. The van der Waals surface area contributed by atoms with Gasteiger partial charge in [0.15, 0.2) is 0 Å². The van der Waals surface area contributed by atoms with Crippen LogP contribution in [0.3, 0.4) is 0 Å². The fourth-order valence-electron chi connectivity index (χ4n) is 2.76. The van der Waals surface area contributed by atoms with Crippen molar-refractivity contribution in [1.29, 1.82) is 0 Å². The molecule has 1 aromatic carbocycles. The lowest BCUT2D eigenvalue weighted by atomic mass is 9.70. The van der Waals surface area contributed by atoms with E-state index in [9.17, 15) is 5.11 Å². The topological polar surface area (TPSA) is 20.2 Å². The number of hydrogen-bond acceptors (Lipinski definition) is 1. The van der Waals surface area contributed by atoms with Gasteiger partial charge in [0, 0.05) is 0 Å². The van der Waals surface area contributed by atoms with Crippen LogP contribution in [-0.4, -0.2) is 5.11 Å². The molecule has 0 heterocycles. The summed E-state index contributed by atoms with van der Waals surface area (Å²) in [5, 5.41) is 9.50. The molecular weight excluding hydrogens is 244 g/mol. The first-order chi connectivity index (χ1) is 9.68. The van der Waals surface area contributed by atoms with E-state index in [1.807, 2.05) is 30.4 Å². The Kier molecular flexibility index (Phi) is 6.86. The van der Waals surface area contributed by atoms with E-state index in [2.05, 4.69) is 19.7 Å². The van der Waals surface area contributed by atoms with Crippen molar-refractivity contribution in [3.63, 3.8) is 0 Å². The van der Waals surface area contributed by atoms with Crippen LogP contribution in [0.25, 0.3) is 0 Å². The largest absolute Gasteiger partial charge is 0.508 e. The lowest BCUT2D eigenvalue weighted by molar-refractivity contribution is 0.344. The third kappa shape index (κ3) is 4.41. The highest BCUT2D eigenvalue weighted by molar-refractivity contribution is 5.32. The van der Waals surface area contributed by atoms with E-state index in [1.54, 1.807) is 12.1 Å². The Morgan fingerprint density at radius 2 is 1.20 bits per heavy atom. The molecule has 0 atom stereocenters. The van der Waals surface area contributed by atoms with Crippen molar-refractivity contribution in [1.82, 2.24) is 0 Å². The molecule has 0 aliphatic rings. The first kappa shape index (κ1) is 16.3. The first-order valence-corrected chi connectivity index (χ1v) is 7.31. The lowest BCUT2D eigenvalue weighted by Gasteiger charge is -2.34. The van der Waals surface area contributed by atoms with Crippen molar-refractivity contribution in [2.45, 2.75) is 43.9 Å². The van der Waals surface area contributed by atoms with Gasteiger partial charge in [-0.3, -0.25) is 0 Å². The van der Waals surface area contributed by atoms with Crippen molar-refractivity contribution in [2.75, 3.05) is 0 Å². The van der Waals surface area contributed by atoms with E-state index >= 15 is 0 Å². The van der Waals surface area contributed by atoms with Crippen molar-refractivity contribution in [3.05, 3.63) is 67.8 Å². The number of aromatic hydroxyl groups is 1. The average Bonchev–Trinajstić information content (AvgIpc) is 2.48. The van der Waals surface area contributed by atoms with Gasteiger partial charge in [-0.15, -0.1) is 19.7 Å². The van der Waals surface area contributed by atoms with Crippen LogP contribution in [0.4, 0.5) is 0 Å². The van der Waals surface area contributed by atoms with Gasteiger partial charge in [-0.05, 0) is 61.6 Å². The van der Waals surface area contributed by atoms with Crippen LogP contribution in [0, 0.1) is 0 Å². The molecule has 1 N–H and O–H groups in total. The lowest BCUT2D eigenvalue weighted by Crippen LogP contribution is -2.26. The Labute approximate surface area is 123 Å². The molecule has 20 heavy (non-hydrogen) atoms. The Bertz CT molecular complexity index is 396. The molecule has 0 radical (unpaired) electrons. The molecule has 1 nitrogen and oxygen atoms in total. The van der Waals surface area contributed by atoms with Crippen LogP contribution in [0.1, 0.15) is 44.1 Å². The number of benzene rings is 1. The van der Waals surface area contributed by atoms with Gasteiger partial charge in [-0.2, -0.15) is 0 Å². The van der Waals surface area contributed by atoms with Gasteiger partial charge in [-0.1, -0.05) is 30.4 Å². The van der Waals surface area contributed by atoms with E-state index in [4.69, 9.17) is 0 Å². The van der Waals surface area contributed by atoms with Gasteiger partial charge in [0.25, 0.3) is 0 Å². The van der Waals surface area contributed by atoms with Crippen LogP contribution < -0.4 is 0 Å². The third-order valence-corrected chi connectivity index (χ3v) is 3.96. The molecule has 108 valence electrons. The molecule has 0 aromatic heterocycles. The zero-order chi connectivity index (χ0) is 14.8. The summed E-state index contributed by atoms with van der Waals surface area (Å²) >= 11 is 0. The van der Waals surface area contributed by atoms with Crippen LogP contribution >= 0.6 is 0 Å². The molecule has 0 spiro atoms. The second-order valence-electron chi connectivity index (χ2n) is 5.31. The second-order valence-corrected chi connectivity index (χ2v) is 5.31. The summed E-state index contributed by atoms with van der Waals surface area (Å²) in [7, 11) is 0. The SMILES string of the molecule is C=CCCC(CCC=C)(CCC=C)c1ccc(O)cc1. The summed E-state index contributed by atoms with van der Waals surface area (Å²) < 4.78 is 0. The number of hydrogen-bond donors (Lipinski definition) is 1. The minimum absolute atomic E-state index is 0.115. The summed E-state index contributed by atoms with van der Waals surface area (Å²) in [6.45, 7) is 11.6. The molecule has 0 aliphatic heterocycles. The molecule has 0 saturated heterocycles. The summed E-state index contributed by atoms with van der Waals surface area (Å²) in [6.07, 6.45) is 12.2. The number of allylic oxidation sites excluding steroid dienone is 3. The standard InChI is InChI=1S/C19H26O/c1-4-7-14-19(15-8-5-2,16-9-6-3)17-10-12-18(20)13-11-17/h4-6,10-13,20H,1-3,7-9,14-16H2. The summed E-state index contributed by atoms with van der Waals surface area (Å²) in [5.41, 5.74) is 1.41. The quantitative estimate of drug-likeness (QED) is 0.554. The zero-order valence-electron chi connectivity index (χ0n) is 12.4. The average molecular weight is 270 g/mol. The molecule has 0 amide bonds.